The molecule has 2 N–H and O–H groups in total. The Morgan fingerprint density at radius 2 is 2.11 bits per heavy atom. The van der Waals surface area contributed by atoms with Crippen LogP contribution < -0.4 is 10.6 Å². The number of fused-ring (bicyclic) bond motifs is 2. The minimum atomic E-state index is 0.0252. The smallest absolute Gasteiger partial charge is 0.321 e. The molecule has 4 nitrogen and oxygen atoms in total. The van der Waals surface area contributed by atoms with Crippen LogP contribution in [0.2, 0.25) is 0 Å². The van der Waals surface area contributed by atoms with E-state index in [1.165, 1.54) is 12.0 Å². The summed E-state index contributed by atoms with van der Waals surface area (Å²) in [5.41, 5.74) is 2.07. The number of anilines is 1. The zero-order chi connectivity index (χ0) is 12.5. The second kappa shape index (κ2) is 4.61. The fourth-order valence-corrected chi connectivity index (χ4v) is 2.84. The van der Waals surface area contributed by atoms with E-state index in [4.69, 9.17) is 0 Å². The van der Waals surface area contributed by atoms with Crippen molar-refractivity contribution in [2.24, 2.45) is 5.92 Å². The summed E-state index contributed by atoms with van der Waals surface area (Å²) in [6.07, 6.45) is 1.22. The lowest BCUT2D eigenvalue weighted by molar-refractivity contribution is 0.186. The first-order valence-corrected chi connectivity index (χ1v) is 6.57. The van der Waals surface area contributed by atoms with Gasteiger partial charge in [-0.2, -0.15) is 0 Å². The molecule has 0 aliphatic carbocycles. The van der Waals surface area contributed by atoms with Crippen molar-refractivity contribution in [2.75, 3.05) is 25.0 Å². The van der Waals surface area contributed by atoms with Gasteiger partial charge in [0.05, 0.1) is 0 Å². The Bertz CT molecular complexity index is 431. The number of hydrogen-bond acceptors (Lipinski definition) is 2. The number of carbonyl (C=O) groups excluding carboxylic acids is 1. The van der Waals surface area contributed by atoms with Crippen LogP contribution in [0.3, 0.4) is 0 Å². The molecule has 1 aromatic rings. The van der Waals surface area contributed by atoms with Gasteiger partial charge in [-0.25, -0.2) is 4.79 Å². The quantitative estimate of drug-likeness (QED) is 0.792. The molecule has 18 heavy (non-hydrogen) atoms. The highest BCUT2D eigenvalue weighted by Gasteiger charge is 2.34. The van der Waals surface area contributed by atoms with Crippen LogP contribution in [-0.4, -0.2) is 36.6 Å². The number of urea groups is 1. The number of rotatable bonds is 1. The average molecular weight is 245 g/mol. The van der Waals surface area contributed by atoms with Gasteiger partial charge in [0.2, 0.25) is 0 Å². The van der Waals surface area contributed by atoms with Crippen LogP contribution in [0.25, 0.3) is 0 Å². The molecular weight excluding hydrogens is 226 g/mol. The minimum absolute atomic E-state index is 0.0252. The molecule has 0 spiro atoms. The van der Waals surface area contributed by atoms with Gasteiger partial charge in [0.1, 0.15) is 0 Å². The second-order valence-electron chi connectivity index (χ2n) is 5.41. The van der Waals surface area contributed by atoms with Crippen molar-refractivity contribution in [1.82, 2.24) is 10.2 Å². The number of benzene rings is 1. The van der Waals surface area contributed by atoms with Crippen LogP contribution in [0.4, 0.5) is 10.5 Å². The van der Waals surface area contributed by atoms with Crippen molar-refractivity contribution in [3.63, 3.8) is 0 Å². The zero-order valence-electron chi connectivity index (χ0n) is 10.6. The van der Waals surface area contributed by atoms with E-state index in [1.807, 2.05) is 36.1 Å². The van der Waals surface area contributed by atoms with Crippen molar-refractivity contribution in [2.45, 2.75) is 19.4 Å². The van der Waals surface area contributed by atoms with Crippen molar-refractivity contribution in [3.05, 3.63) is 29.8 Å². The van der Waals surface area contributed by atoms with Crippen LogP contribution in [0.15, 0.2) is 24.3 Å². The zero-order valence-corrected chi connectivity index (χ0v) is 10.6. The molecule has 0 aromatic heterocycles. The summed E-state index contributed by atoms with van der Waals surface area (Å²) in [5, 5.41) is 6.42. The number of aryl methyl sites for hydroxylation is 1. The fraction of sp³-hybridized carbons (Fsp3) is 0.500. The highest BCUT2D eigenvalue weighted by molar-refractivity contribution is 5.89. The molecule has 96 valence electrons. The van der Waals surface area contributed by atoms with Gasteiger partial charge in [-0.15, -0.1) is 0 Å². The topological polar surface area (TPSA) is 44.4 Å². The second-order valence-corrected chi connectivity index (χ2v) is 5.41. The van der Waals surface area contributed by atoms with E-state index < -0.39 is 0 Å². The van der Waals surface area contributed by atoms with E-state index in [-0.39, 0.29) is 6.03 Å². The lowest BCUT2D eigenvalue weighted by Crippen LogP contribution is -2.46. The maximum absolute atomic E-state index is 12.2. The molecule has 2 unspecified atom stereocenters. The molecule has 0 radical (unpaired) electrons. The number of hydrogen-bond donors (Lipinski definition) is 2. The summed E-state index contributed by atoms with van der Waals surface area (Å²) in [5.74, 6) is 0.632. The van der Waals surface area contributed by atoms with Crippen molar-refractivity contribution >= 4 is 11.7 Å². The molecule has 1 aromatic carbocycles. The molecule has 2 saturated heterocycles. The summed E-state index contributed by atoms with van der Waals surface area (Å²) in [4.78, 5) is 14.1. The predicted octanol–water partition coefficient (Wildman–Crippen LogP) is 1.82. The number of amides is 2. The molecule has 4 heteroatoms. The third-order valence-corrected chi connectivity index (χ3v) is 3.82. The first kappa shape index (κ1) is 11.5. The highest BCUT2D eigenvalue weighted by atomic mass is 16.2. The minimum Gasteiger partial charge on any atom is -0.323 e. The lowest BCUT2D eigenvalue weighted by Gasteiger charge is -2.31. The van der Waals surface area contributed by atoms with E-state index in [0.29, 0.717) is 12.0 Å². The maximum atomic E-state index is 12.2. The molecule has 2 fully saturated rings. The van der Waals surface area contributed by atoms with Crippen LogP contribution in [0, 0.1) is 12.8 Å². The standard InChI is InChI=1S/C14H19N3O/c1-10-2-4-12(5-3-10)16-14(18)17-8-11-6-13(9-17)15-7-11/h2-5,11,13,15H,6-9H2,1H3,(H,16,18). The van der Waals surface area contributed by atoms with Gasteiger partial charge in [0.15, 0.2) is 0 Å². The van der Waals surface area contributed by atoms with Crippen LogP contribution in [-0.2, 0) is 0 Å². The van der Waals surface area contributed by atoms with Gasteiger partial charge < -0.3 is 15.5 Å². The van der Waals surface area contributed by atoms with E-state index in [9.17, 15) is 4.79 Å². The summed E-state index contributed by atoms with van der Waals surface area (Å²) in [7, 11) is 0. The number of nitrogens with zero attached hydrogens (tertiary/aromatic N) is 1. The SMILES string of the molecule is Cc1ccc(NC(=O)N2CC3CNC(C3)C2)cc1. The monoisotopic (exact) mass is 245 g/mol. The van der Waals surface area contributed by atoms with Gasteiger partial charge in [0, 0.05) is 31.4 Å². The molecule has 2 amide bonds. The molecule has 0 saturated carbocycles. The molecule has 2 aliphatic heterocycles. The molecular formula is C14H19N3O. The Balaban J connectivity index is 1.63. The third-order valence-electron chi connectivity index (χ3n) is 3.82. The Hall–Kier alpha value is -1.55. The number of likely N-dealkylation sites (tertiary alicyclic amines) is 1. The van der Waals surface area contributed by atoms with E-state index in [0.717, 1.165) is 25.3 Å². The fourth-order valence-electron chi connectivity index (χ4n) is 2.84. The molecule has 2 aliphatic rings. The van der Waals surface area contributed by atoms with E-state index in [2.05, 4.69) is 10.6 Å². The van der Waals surface area contributed by atoms with Gasteiger partial charge in [-0.1, -0.05) is 17.7 Å². The number of piperidine rings is 1. The largest absolute Gasteiger partial charge is 0.323 e. The third kappa shape index (κ3) is 2.34. The Morgan fingerprint density at radius 3 is 2.83 bits per heavy atom. The van der Waals surface area contributed by atoms with Crippen LogP contribution in [0.1, 0.15) is 12.0 Å². The van der Waals surface area contributed by atoms with Gasteiger partial charge in [-0.05, 0) is 31.4 Å². The van der Waals surface area contributed by atoms with Gasteiger partial charge >= 0.3 is 6.03 Å². The predicted molar refractivity (Wildman–Crippen MR) is 71.7 cm³/mol. The van der Waals surface area contributed by atoms with Gasteiger partial charge in [0.25, 0.3) is 0 Å². The van der Waals surface area contributed by atoms with E-state index >= 15 is 0 Å². The summed E-state index contributed by atoms with van der Waals surface area (Å²) >= 11 is 0. The molecule has 3 rings (SSSR count). The first-order chi connectivity index (χ1) is 8.70. The number of carbonyl (C=O) groups is 1. The summed E-state index contributed by atoms with van der Waals surface area (Å²) in [6, 6.07) is 8.44. The molecule has 2 atom stereocenters. The highest BCUT2D eigenvalue weighted by Crippen LogP contribution is 2.22. The Morgan fingerprint density at radius 1 is 1.33 bits per heavy atom. The molecule has 2 bridgehead atoms. The van der Waals surface area contributed by atoms with Crippen molar-refractivity contribution in [3.8, 4) is 0 Å². The maximum Gasteiger partial charge on any atom is 0.321 e. The molecule has 2 heterocycles. The first-order valence-electron chi connectivity index (χ1n) is 6.57. The summed E-state index contributed by atoms with van der Waals surface area (Å²) in [6.45, 7) is 4.80. The normalized spacial score (nSPS) is 26.2. The summed E-state index contributed by atoms with van der Waals surface area (Å²) < 4.78 is 0. The Labute approximate surface area is 107 Å². The van der Waals surface area contributed by atoms with Crippen molar-refractivity contribution in [1.29, 1.82) is 0 Å². The Kier molecular flexibility index (Phi) is 2.96. The van der Waals surface area contributed by atoms with E-state index in [1.54, 1.807) is 0 Å². The van der Waals surface area contributed by atoms with Crippen LogP contribution in [0.5, 0.6) is 0 Å². The average Bonchev–Trinajstić information content (AvgIpc) is 2.71. The lowest BCUT2D eigenvalue weighted by atomic mass is 10.0. The van der Waals surface area contributed by atoms with Gasteiger partial charge in [-0.3, -0.25) is 0 Å². The number of nitrogens with one attached hydrogen (secondary N) is 2. The van der Waals surface area contributed by atoms with Crippen LogP contribution >= 0.6 is 0 Å². The van der Waals surface area contributed by atoms with Crippen molar-refractivity contribution < 1.29 is 4.79 Å².